The number of allylic oxidation sites excluding steroid dienone is 2. The van der Waals surface area contributed by atoms with Crippen molar-refractivity contribution >= 4 is 63.3 Å². The first-order valence-corrected chi connectivity index (χ1v) is 16.9. The van der Waals surface area contributed by atoms with E-state index in [0.717, 1.165) is 65.4 Å². The van der Waals surface area contributed by atoms with Gasteiger partial charge in [-0.05, 0) is 72.2 Å². The van der Waals surface area contributed by atoms with Gasteiger partial charge in [0.1, 0.15) is 11.4 Å². The summed E-state index contributed by atoms with van der Waals surface area (Å²) >= 11 is 0. The van der Waals surface area contributed by atoms with Crippen molar-refractivity contribution in [3.05, 3.63) is 52.1 Å². The van der Waals surface area contributed by atoms with Crippen LogP contribution in [-0.2, 0) is 27.2 Å². The van der Waals surface area contributed by atoms with Crippen molar-refractivity contribution in [3.8, 4) is 17.2 Å². The summed E-state index contributed by atoms with van der Waals surface area (Å²) in [5, 5.41) is 0. The predicted octanol–water partition coefficient (Wildman–Crippen LogP) is 8.68. The highest BCUT2D eigenvalue weighted by atomic mass is 16.6. The average molecular weight is 653 g/mol. The summed E-state index contributed by atoms with van der Waals surface area (Å²) in [5.74, 6) is -1.07. The van der Waals surface area contributed by atoms with Crippen LogP contribution >= 0.6 is 0 Å². The lowest BCUT2D eigenvalue weighted by molar-refractivity contribution is -0.134. The molecule has 0 amide bonds. The summed E-state index contributed by atoms with van der Waals surface area (Å²) < 4.78 is 17.7. The first-order chi connectivity index (χ1) is 23.1. The van der Waals surface area contributed by atoms with E-state index in [1.54, 1.807) is 0 Å². The Kier molecular flexibility index (Phi) is 10.6. The fourth-order valence-corrected chi connectivity index (χ4v) is 6.22. The zero-order chi connectivity index (χ0) is 34.5. The van der Waals surface area contributed by atoms with Crippen LogP contribution in [-0.4, -0.2) is 37.8 Å². The van der Waals surface area contributed by atoms with Crippen molar-refractivity contribution in [1.82, 2.24) is 19.9 Å². The number of aromatic amines is 2. The van der Waals surface area contributed by atoms with Crippen LogP contribution in [0.25, 0.3) is 45.4 Å². The second kappa shape index (κ2) is 14.8. The van der Waals surface area contributed by atoms with E-state index in [2.05, 4.69) is 43.7 Å². The van der Waals surface area contributed by atoms with Gasteiger partial charge in [-0.3, -0.25) is 14.4 Å². The number of rotatable bonds is 11. The third-order valence-electron chi connectivity index (χ3n) is 8.06. The third kappa shape index (κ3) is 7.27. The highest BCUT2D eigenvalue weighted by Gasteiger charge is 2.26. The second-order valence-electron chi connectivity index (χ2n) is 12.2. The van der Waals surface area contributed by atoms with Crippen LogP contribution in [0.4, 0.5) is 0 Å². The van der Waals surface area contributed by atoms with Gasteiger partial charge in [0.15, 0.2) is 11.5 Å². The molecule has 0 saturated heterocycles. The molecule has 0 aliphatic carbocycles. The molecule has 252 valence electrons. The molecule has 10 nitrogen and oxygen atoms in total. The van der Waals surface area contributed by atoms with E-state index in [-0.39, 0.29) is 11.5 Å². The van der Waals surface area contributed by atoms with Crippen molar-refractivity contribution < 1.29 is 28.6 Å². The summed E-state index contributed by atoms with van der Waals surface area (Å²) in [4.78, 5) is 54.9. The Bertz CT molecular complexity index is 2000. The Morgan fingerprint density at radius 1 is 0.583 bits per heavy atom. The summed E-state index contributed by atoms with van der Waals surface area (Å²) in [6.45, 7) is 12.3. The first-order valence-electron chi connectivity index (χ1n) is 16.9. The molecule has 8 bridgehead atoms. The number of aromatic nitrogens is 4. The number of carbonyl (C=O) groups excluding carboxylic acids is 3. The van der Waals surface area contributed by atoms with Crippen molar-refractivity contribution in [2.45, 2.75) is 99.8 Å². The minimum absolute atomic E-state index is 0.0747. The summed E-state index contributed by atoms with van der Waals surface area (Å²) in [6, 6.07) is 5.89. The molecule has 2 aliphatic heterocycles. The lowest BCUT2D eigenvalue weighted by Crippen LogP contribution is -2.09. The molecule has 3 aromatic heterocycles. The number of hydrogen-bond acceptors (Lipinski definition) is 8. The van der Waals surface area contributed by atoms with E-state index in [1.165, 1.54) is 20.8 Å². The highest BCUT2D eigenvalue weighted by Crippen LogP contribution is 2.43. The number of esters is 3. The first kappa shape index (κ1) is 34.3. The molecular weight excluding hydrogens is 608 g/mol. The number of H-pyrrole nitrogens is 2. The van der Waals surface area contributed by atoms with Crippen molar-refractivity contribution in [3.63, 3.8) is 0 Å². The monoisotopic (exact) mass is 652 g/mol. The summed E-state index contributed by atoms with van der Waals surface area (Å²) in [6.07, 6.45) is 10.1. The Labute approximate surface area is 280 Å². The molecule has 3 aromatic rings. The topological polar surface area (TPSA) is 136 Å². The molecule has 2 N–H and O–H groups in total. The zero-order valence-electron chi connectivity index (χ0n) is 28.9. The molecular formula is C38H44N4O6. The Balaban J connectivity index is 2.08. The van der Waals surface area contributed by atoms with Crippen molar-refractivity contribution in [2.24, 2.45) is 0 Å². The van der Waals surface area contributed by atoms with Gasteiger partial charge in [-0.1, -0.05) is 53.4 Å². The minimum Gasteiger partial charge on any atom is -0.424 e. The number of nitrogens with zero attached hydrogens (tertiary/aromatic N) is 2. The summed E-state index contributed by atoms with van der Waals surface area (Å²) in [5.41, 5.74) is 8.66. The van der Waals surface area contributed by atoms with Gasteiger partial charge in [-0.15, -0.1) is 0 Å². The maximum Gasteiger partial charge on any atom is 0.308 e. The Morgan fingerprint density at radius 3 is 1.67 bits per heavy atom. The number of nitrogens with one attached hydrogen (secondary N) is 2. The molecule has 0 spiro atoms. The fraction of sp³-hybridized carbons (Fsp3) is 0.395. The van der Waals surface area contributed by atoms with Crippen LogP contribution in [0.3, 0.4) is 0 Å². The lowest BCUT2D eigenvalue weighted by Gasteiger charge is -2.12. The van der Waals surface area contributed by atoms with Crippen molar-refractivity contribution in [1.29, 1.82) is 0 Å². The minimum atomic E-state index is -0.570. The molecule has 2 aliphatic rings. The Morgan fingerprint density at radius 2 is 1.08 bits per heavy atom. The molecule has 0 atom stereocenters. The van der Waals surface area contributed by atoms with Gasteiger partial charge in [0.25, 0.3) is 0 Å². The quantitative estimate of drug-likeness (QED) is 0.196. The fourth-order valence-electron chi connectivity index (χ4n) is 6.22. The normalized spacial score (nSPS) is 12.4. The number of hydrogen-bond donors (Lipinski definition) is 2. The predicted molar refractivity (Wildman–Crippen MR) is 188 cm³/mol. The molecule has 0 unspecified atom stereocenters. The zero-order valence-corrected chi connectivity index (χ0v) is 28.9. The maximum atomic E-state index is 12.7. The number of aryl methyl sites for hydroxylation is 2. The van der Waals surface area contributed by atoms with Crippen LogP contribution in [0.2, 0.25) is 0 Å². The molecule has 10 heteroatoms. The molecule has 0 fully saturated rings. The highest BCUT2D eigenvalue weighted by molar-refractivity contribution is 5.95. The van der Waals surface area contributed by atoms with Gasteiger partial charge in [0.2, 0.25) is 5.75 Å². The number of carbonyl (C=O) groups is 3. The molecule has 0 saturated carbocycles. The van der Waals surface area contributed by atoms with E-state index < -0.39 is 17.9 Å². The van der Waals surface area contributed by atoms with Gasteiger partial charge in [-0.2, -0.15) is 0 Å². The third-order valence-corrected chi connectivity index (χ3v) is 8.06. The van der Waals surface area contributed by atoms with Gasteiger partial charge < -0.3 is 24.2 Å². The largest absolute Gasteiger partial charge is 0.424 e. The van der Waals surface area contributed by atoms with Gasteiger partial charge >= 0.3 is 17.9 Å². The van der Waals surface area contributed by atoms with E-state index in [0.29, 0.717) is 58.8 Å². The van der Waals surface area contributed by atoms with Gasteiger partial charge in [0, 0.05) is 32.4 Å². The summed E-state index contributed by atoms with van der Waals surface area (Å²) in [7, 11) is 0. The molecule has 5 heterocycles. The molecule has 0 radical (unpaired) electrons. The van der Waals surface area contributed by atoms with E-state index in [9.17, 15) is 14.4 Å². The lowest BCUT2D eigenvalue weighted by atomic mass is 10.1. The smallest absolute Gasteiger partial charge is 0.308 e. The number of ether oxygens (including phenoxy) is 3. The second-order valence-corrected chi connectivity index (χ2v) is 12.2. The Hall–Kier alpha value is -4.99. The van der Waals surface area contributed by atoms with Crippen LogP contribution in [0, 0.1) is 0 Å². The van der Waals surface area contributed by atoms with Gasteiger partial charge in [0.05, 0.1) is 27.9 Å². The van der Waals surface area contributed by atoms with E-state index in [1.807, 2.05) is 24.3 Å². The van der Waals surface area contributed by atoms with Crippen molar-refractivity contribution in [2.75, 3.05) is 0 Å². The SMILES string of the molecule is CCCC1=Cc2nc1c(OC(C)=O)cc1[nH]c(cc1CCC)c1nc(c(OC(C)=O)c(OC(C)=O)c3[nH]c2cc3CCC)C(CCC)=C1. The number of fused-ring (bicyclic) bond motifs is 10. The van der Waals surface area contributed by atoms with Gasteiger partial charge in [-0.25, -0.2) is 9.97 Å². The van der Waals surface area contributed by atoms with Crippen LogP contribution < -0.4 is 14.2 Å². The maximum absolute atomic E-state index is 12.7. The molecule has 48 heavy (non-hydrogen) atoms. The van der Waals surface area contributed by atoms with E-state index >= 15 is 0 Å². The average Bonchev–Trinajstić information content (AvgIpc) is 3.80. The molecule has 5 rings (SSSR count). The van der Waals surface area contributed by atoms with E-state index in [4.69, 9.17) is 24.2 Å². The van der Waals surface area contributed by atoms with Crippen LogP contribution in [0.1, 0.15) is 121 Å². The van der Waals surface area contributed by atoms with Crippen LogP contribution in [0.15, 0.2) is 18.2 Å². The van der Waals surface area contributed by atoms with Crippen LogP contribution in [0.5, 0.6) is 17.2 Å². The standard InChI is InChI=1S/C38H44N4O6/c1-8-12-24-16-29-30-18-26(14-10-3)35(41-30)37(47-22(6)44)38(48-23(7)45)36-27(15-11-4)19-32(42-36)31-17-25(13-9-2)34(40-31)33(46-21(5)43)20-28(24)39-29/h16-20,39,42H,8-15H2,1-7H3. The molecule has 0 aromatic carbocycles.